The van der Waals surface area contributed by atoms with Gasteiger partial charge in [0.15, 0.2) is 0 Å². The Kier molecular flexibility index (Phi) is 7.47. The van der Waals surface area contributed by atoms with Crippen LogP contribution >= 0.6 is 23.4 Å². The molecular weight excluding hydrogens is 332 g/mol. The van der Waals surface area contributed by atoms with E-state index in [1.54, 1.807) is 6.08 Å². The summed E-state index contributed by atoms with van der Waals surface area (Å²) in [6, 6.07) is 2.17. The van der Waals surface area contributed by atoms with Crippen LogP contribution in [0.25, 0.3) is 0 Å². The Bertz CT molecular complexity index is 641. The first-order valence-corrected chi connectivity index (χ1v) is 8.45. The van der Waals surface area contributed by atoms with Crippen LogP contribution in [0.15, 0.2) is 44.5 Å². The number of carbonyl (C=O) groups is 1. The van der Waals surface area contributed by atoms with Gasteiger partial charge in [0.1, 0.15) is 0 Å². The minimum absolute atomic E-state index is 0.442. The van der Waals surface area contributed by atoms with E-state index in [1.165, 1.54) is 18.9 Å². The average Bonchev–Trinajstić information content (AvgIpc) is 2.46. The lowest BCUT2D eigenvalue weighted by atomic mass is 9.85. The van der Waals surface area contributed by atoms with Crippen LogP contribution in [-0.4, -0.2) is 13.1 Å². The summed E-state index contributed by atoms with van der Waals surface area (Å²) < 4.78 is 5.40. The molecule has 1 aliphatic heterocycles. The van der Waals surface area contributed by atoms with Gasteiger partial charge in [-0.05, 0) is 31.2 Å². The van der Waals surface area contributed by atoms with Gasteiger partial charge in [-0.15, -0.1) is 0 Å². The van der Waals surface area contributed by atoms with Gasteiger partial charge in [-0.1, -0.05) is 43.3 Å². The van der Waals surface area contributed by atoms with Gasteiger partial charge < -0.3 is 10.1 Å². The SMILES string of the molecule is C=C(C)S/C(Cl)=C/C1C(C#N)=C(C)NC(CCC)=C1C(=O)OC. The first kappa shape index (κ1) is 19.4. The van der Waals surface area contributed by atoms with E-state index in [2.05, 4.69) is 18.0 Å². The van der Waals surface area contributed by atoms with Crippen molar-refractivity contribution in [2.24, 2.45) is 5.92 Å². The first-order valence-electron chi connectivity index (χ1n) is 7.25. The Labute approximate surface area is 146 Å². The number of thioether (sulfide) groups is 1. The second-order valence-electron chi connectivity index (χ2n) is 5.16. The highest BCUT2D eigenvalue weighted by molar-refractivity contribution is 8.08. The molecule has 0 aromatic carbocycles. The van der Waals surface area contributed by atoms with Crippen LogP contribution in [0.5, 0.6) is 0 Å². The highest BCUT2D eigenvalue weighted by Gasteiger charge is 2.32. The topological polar surface area (TPSA) is 62.1 Å². The average molecular weight is 353 g/mol. The number of halogens is 1. The van der Waals surface area contributed by atoms with Crippen LogP contribution in [-0.2, 0) is 9.53 Å². The van der Waals surface area contributed by atoms with Crippen molar-refractivity contribution >= 4 is 29.3 Å². The fourth-order valence-corrected chi connectivity index (χ4v) is 3.44. The predicted molar refractivity (Wildman–Crippen MR) is 95.2 cm³/mol. The summed E-state index contributed by atoms with van der Waals surface area (Å²) in [7, 11) is 1.33. The molecule has 1 heterocycles. The lowest BCUT2D eigenvalue weighted by molar-refractivity contribution is -0.136. The second kappa shape index (κ2) is 8.85. The summed E-state index contributed by atoms with van der Waals surface area (Å²) >= 11 is 7.56. The van der Waals surface area contributed by atoms with Gasteiger partial charge >= 0.3 is 5.97 Å². The number of nitrogens with zero attached hydrogens (tertiary/aromatic N) is 1. The van der Waals surface area contributed by atoms with Crippen molar-refractivity contribution in [1.82, 2.24) is 5.32 Å². The zero-order valence-electron chi connectivity index (χ0n) is 13.8. The summed E-state index contributed by atoms with van der Waals surface area (Å²) in [5.74, 6) is -0.971. The van der Waals surface area contributed by atoms with E-state index in [4.69, 9.17) is 16.3 Å². The van der Waals surface area contributed by atoms with Crippen LogP contribution < -0.4 is 5.32 Å². The number of nitrogens with one attached hydrogen (secondary N) is 1. The fraction of sp³-hybridized carbons (Fsp3) is 0.412. The third-order valence-electron chi connectivity index (χ3n) is 3.28. The summed E-state index contributed by atoms with van der Waals surface area (Å²) in [5.41, 5.74) is 2.42. The molecule has 1 aliphatic rings. The molecule has 1 unspecified atom stereocenters. The number of nitriles is 1. The molecule has 0 fully saturated rings. The van der Waals surface area contributed by atoms with Crippen molar-refractivity contribution in [3.63, 3.8) is 0 Å². The summed E-state index contributed by atoms with van der Waals surface area (Å²) in [6.07, 6.45) is 3.27. The Morgan fingerprint density at radius 2 is 2.26 bits per heavy atom. The monoisotopic (exact) mass is 352 g/mol. The zero-order chi connectivity index (χ0) is 17.6. The van der Waals surface area contributed by atoms with Crippen molar-refractivity contribution < 1.29 is 9.53 Å². The van der Waals surface area contributed by atoms with E-state index >= 15 is 0 Å². The maximum atomic E-state index is 12.3. The molecule has 0 amide bonds. The van der Waals surface area contributed by atoms with Crippen molar-refractivity contribution in [2.45, 2.75) is 33.6 Å². The third-order valence-corrected chi connectivity index (χ3v) is 4.32. The van der Waals surface area contributed by atoms with Crippen LogP contribution in [0.1, 0.15) is 33.6 Å². The van der Waals surface area contributed by atoms with E-state index in [9.17, 15) is 10.1 Å². The molecule has 0 radical (unpaired) electrons. The van der Waals surface area contributed by atoms with Crippen LogP contribution in [0.3, 0.4) is 0 Å². The highest BCUT2D eigenvalue weighted by Crippen LogP contribution is 2.37. The molecule has 6 heteroatoms. The van der Waals surface area contributed by atoms with Gasteiger partial charge in [0.05, 0.1) is 28.7 Å². The van der Waals surface area contributed by atoms with Gasteiger partial charge in [0, 0.05) is 17.3 Å². The summed E-state index contributed by atoms with van der Waals surface area (Å²) in [5, 5.41) is 12.7. The quantitative estimate of drug-likeness (QED) is 0.709. The second-order valence-corrected chi connectivity index (χ2v) is 7.13. The maximum absolute atomic E-state index is 12.3. The smallest absolute Gasteiger partial charge is 0.336 e. The third kappa shape index (κ3) is 4.92. The molecule has 0 aromatic rings. The zero-order valence-corrected chi connectivity index (χ0v) is 15.4. The van der Waals surface area contributed by atoms with Gasteiger partial charge in [-0.25, -0.2) is 4.79 Å². The standard InChI is InChI=1S/C17H21ClN2O2S/c1-6-7-14-16(17(21)22-5)12(8-15(18)23-10(2)3)13(9-19)11(4)20-14/h8,12,20H,2,6-7H2,1,3-5H3/b15-8+. The number of ether oxygens (including phenoxy) is 1. The van der Waals surface area contributed by atoms with Crippen molar-refractivity contribution in [3.05, 3.63) is 44.5 Å². The number of allylic oxidation sites excluding steroid dienone is 5. The predicted octanol–water partition coefficient (Wildman–Crippen LogP) is 4.58. The largest absolute Gasteiger partial charge is 0.466 e. The molecule has 1 N–H and O–H groups in total. The molecule has 4 nitrogen and oxygen atoms in total. The highest BCUT2D eigenvalue weighted by atomic mass is 35.5. The molecule has 0 saturated carbocycles. The van der Waals surface area contributed by atoms with Crippen molar-refractivity contribution in [1.29, 1.82) is 5.26 Å². The van der Waals surface area contributed by atoms with E-state index in [1.807, 2.05) is 20.8 Å². The van der Waals surface area contributed by atoms with Crippen molar-refractivity contribution in [3.8, 4) is 6.07 Å². The summed E-state index contributed by atoms with van der Waals surface area (Å²) in [6.45, 7) is 9.49. The molecular formula is C17H21ClN2O2S. The van der Waals surface area contributed by atoms with Gasteiger partial charge in [-0.2, -0.15) is 5.26 Å². The molecule has 0 aromatic heterocycles. The van der Waals surface area contributed by atoms with Gasteiger partial charge in [0.25, 0.3) is 0 Å². The minimum Gasteiger partial charge on any atom is -0.466 e. The Morgan fingerprint density at radius 1 is 1.61 bits per heavy atom. The lowest BCUT2D eigenvalue weighted by Gasteiger charge is -2.27. The van der Waals surface area contributed by atoms with Gasteiger partial charge in [-0.3, -0.25) is 0 Å². The molecule has 1 rings (SSSR count). The lowest BCUT2D eigenvalue weighted by Crippen LogP contribution is -2.29. The molecule has 23 heavy (non-hydrogen) atoms. The van der Waals surface area contributed by atoms with Crippen molar-refractivity contribution in [2.75, 3.05) is 7.11 Å². The minimum atomic E-state index is -0.519. The molecule has 0 spiro atoms. The Balaban J connectivity index is 3.44. The Hall–Kier alpha value is -1.64. The van der Waals surface area contributed by atoms with Crippen LogP contribution in [0.2, 0.25) is 0 Å². The van der Waals surface area contributed by atoms with E-state index in [0.29, 0.717) is 21.9 Å². The number of hydrogen-bond donors (Lipinski definition) is 1. The molecule has 124 valence electrons. The number of hydrogen-bond acceptors (Lipinski definition) is 5. The van der Waals surface area contributed by atoms with Crippen LogP contribution in [0, 0.1) is 17.2 Å². The fourth-order valence-electron chi connectivity index (χ4n) is 2.39. The maximum Gasteiger partial charge on any atom is 0.336 e. The normalized spacial score (nSPS) is 18.4. The molecule has 1 atom stereocenters. The number of rotatable bonds is 6. The van der Waals surface area contributed by atoms with E-state index < -0.39 is 11.9 Å². The number of dihydropyridines is 1. The van der Waals surface area contributed by atoms with Crippen LogP contribution in [0.4, 0.5) is 0 Å². The number of esters is 1. The Morgan fingerprint density at radius 3 is 2.74 bits per heavy atom. The van der Waals surface area contributed by atoms with E-state index in [0.717, 1.165) is 22.7 Å². The number of carbonyl (C=O) groups excluding carboxylic acids is 1. The van der Waals surface area contributed by atoms with E-state index in [-0.39, 0.29) is 0 Å². The van der Waals surface area contributed by atoms with Gasteiger partial charge in [0.2, 0.25) is 0 Å². The first-order chi connectivity index (χ1) is 10.8. The number of methoxy groups -OCH3 is 1. The molecule has 0 bridgehead atoms. The molecule has 0 aliphatic carbocycles. The summed E-state index contributed by atoms with van der Waals surface area (Å²) in [4.78, 5) is 13.1. The molecule has 0 saturated heterocycles.